The minimum Gasteiger partial charge on any atom is -0.726 e. The van der Waals surface area contributed by atoms with Crippen LogP contribution in [-0.4, -0.2) is 119 Å². The van der Waals surface area contributed by atoms with Crippen LogP contribution in [0.4, 0.5) is 0 Å². The molecule has 6 N–H and O–H groups in total. The summed E-state index contributed by atoms with van der Waals surface area (Å²) < 4.78 is 59.0. The van der Waals surface area contributed by atoms with Gasteiger partial charge in [-0.05, 0) is 91.3 Å². The van der Waals surface area contributed by atoms with Crippen molar-refractivity contribution in [3.8, 4) is 0 Å². The number of rotatable bonds is 12. The fourth-order valence-corrected chi connectivity index (χ4v) is 12.3. The molecule has 286 valence electrons. The molecular formula is C35H61NaO13S. The van der Waals surface area contributed by atoms with Crippen molar-refractivity contribution in [2.75, 3.05) is 20.3 Å². The minimum atomic E-state index is -5.25. The molecule has 15 heteroatoms. The Hall–Kier alpha value is 0.510. The molecule has 1 saturated heterocycles. The normalized spacial score (nSPS) is 47.5. The summed E-state index contributed by atoms with van der Waals surface area (Å²) in [6.07, 6.45) is -3.37. The maximum atomic E-state index is 12.9. The third-order valence-corrected chi connectivity index (χ3v) is 14.5. The third kappa shape index (κ3) is 7.93. The van der Waals surface area contributed by atoms with Crippen LogP contribution >= 0.6 is 0 Å². The molecule has 50 heavy (non-hydrogen) atoms. The van der Waals surface area contributed by atoms with Gasteiger partial charge in [-0.3, -0.25) is 4.18 Å². The number of hydrogen-bond acceptors (Lipinski definition) is 13. The molecule has 0 amide bonds. The zero-order valence-electron chi connectivity index (χ0n) is 30.9. The van der Waals surface area contributed by atoms with Crippen LogP contribution in [0.2, 0.25) is 0 Å². The smallest absolute Gasteiger partial charge is 0.726 e. The second-order valence-electron chi connectivity index (χ2n) is 17.0. The molecule has 13 nitrogen and oxygen atoms in total. The van der Waals surface area contributed by atoms with Gasteiger partial charge in [0.1, 0.15) is 24.4 Å². The summed E-state index contributed by atoms with van der Waals surface area (Å²) in [5.74, 6) is -1.54. The molecule has 1 heterocycles. The average molecular weight is 745 g/mol. The molecule has 7 unspecified atom stereocenters. The van der Waals surface area contributed by atoms with E-state index in [9.17, 15) is 43.6 Å². The largest absolute Gasteiger partial charge is 1.00 e. The van der Waals surface area contributed by atoms with Crippen molar-refractivity contribution in [1.82, 2.24) is 0 Å². The van der Waals surface area contributed by atoms with E-state index in [0.717, 1.165) is 6.42 Å². The van der Waals surface area contributed by atoms with Crippen molar-refractivity contribution in [1.29, 1.82) is 0 Å². The van der Waals surface area contributed by atoms with Gasteiger partial charge in [0.05, 0.1) is 30.5 Å². The molecule has 0 aromatic heterocycles. The Labute approximate surface area is 320 Å². The number of hydrogen-bond donors (Lipinski definition) is 6. The Kier molecular flexibility index (Phi) is 14.1. The van der Waals surface area contributed by atoms with E-state index in [1.807, 2.05) is 13.8 Å². The predicted octanol–water partition coefficient (Wildman–Crippen LogP) is -1.29. The van der Waals surface area contributed by atoms with Gasteiger partial charge in [-0.25, -0.2) is 8.42 Å². The van der Waals surface area contributed by atoms with Gasteiger partial charge in [0, 0.05) is 26.1 Å². The second kappa shape index (κ2) is 16.3. The van der Waals surface area contributed by atoms with E-state index >= 15 is 0 Å². The van der Waals surface area contributed by atoms with Crippen LogP contribution in [0.1, 0.15) is 92.4 Å². The van der Waals surface area contributed by atoms with Crippen molar-refractivity contribution in [3.05, 3.63) is 0 Å². The van der Waals surface area contributed by atoms with E-state index < -0.39 is 81.6 Å². The number of aliphatic hydroxyl groups is 6. The summed E-state index contributed by atoms with van der Waals surface area (Å²) in [7, 11) is -3.84. The van der Waals surface area contributed by atoms with Crippen molar-refractivity contribution in [2.45, 2.75) is 147 Å². The van der Waals surface area contributed by atoms with Gasteiger partial charge in [0.15, 0.2) is 6.29 Å². The van der Waals surface area contributed by atoms with Crippen LogP contribution in [0.25, 0.3) is 0 Å². The Morgan fingerprint density at radius 3 is 2.20 bits per heavy atom. The van der Waals surface area contributed by atoms with E-state index in [1.165, 1.54) is 7.11 Å². The van der Waals surface area contributed by atoms with Gasteiger partial charge in [-0.1, -0.05) is 41.0 Å². The van der Waals surface area contributed by atoms with Crippen molar-refractivity contribution in [3.63, 3.8) is 0 Å². The molecule has 0 bridgehead atoms. The molecule has 0 radical (unpaired) electrons. The van der Waals surface area contributed by atoms with E-state index in [2.05, 4.69) is 20.8 Å². The van der Waals surface area contributed by atoms with E-state index in [4.69, 9.17) is 18.4 Å². The predicted molar refractivity (Wildman–Crippen MR) is 175 cm³/mol. The Bertz CT molecular complexity index is 1240. The van der Waals surface area contributed by atoms with Crippen LogP contribution in [0.3, 0.4) is 0 Å². The van der Waals surface area contributed by atoms with Gasteiger partial charge in [0.25, 0.3) is 0 Å². The number of methoxy groups -OCH3 is 1. The molecule has 1 aliphatic heterocycles. The van der Waals surface area contributed by atoms with Gasteiger partial charge < -0.3 is 49.4 Å². The van der Waals surface area contributed by atoms with Crippen LogP contribution in [0.5, 0.6) is 0 Å². The van der Waals surface area contributed by atoms with Gasteiger partial charge in [-0.2, -0.15) is 0 Å². The summed E-state index contributed by atoms with van der Waals surface area (Å²) in [5.41, 5.74) is -2.99. The summed E-state index contributed by atoms with van der Waals surface area (Å²) >= 11 is 0. The zero-order chi connectivity index (χ0) is 36.3. The fourth-order valence-electron chi connectivity index (χ4n) is 11.8. The molecule has 17 atom stereocenters. The molecule has 0 aromatic rings. The monoisotopic (exact) mass is 744 g/mol. The van der Waals surface area contributed by atoms with Crippen molar-refractivity contribution in [2.24, 2.45) is 52.3 Å². The van der Waals surface area contributed by atoms with Crippen LogP contribution < -0.4 is 29.6 Å². The molecular weight excluding hydrogens is 683 g/mol. The quantitative estimate of drug-likeness (QED) is 0.0595. The third-order valence-electron chi connectivity index (χ3n) is 14.1. The average Bonchev–Trinajstić information content (AvgIpc) is 3.22. The molecule has 5 aliphatic rings. The Morgan fingerprint density at radius 1 is 0.940 bits per heavy atom. The molecule has 5 fully saturated rings. The zero-order valence-corrected chi connectivity index (χ0v) is 33.7. The number of fused-ring (bicyclic) bond motifs is 5. The number of ether oxygens (including phenoxy) is 3. The maximum absolute atomic E-state index is 12.9. The Balaban J connectivity index is 0.00000562. The molecule has 0 aromatic carbocycles. The van der Waals surface area contributed by atoms with Crippen LogP contribution in [0.15, 0.2) is 0 Å². The summed E-state index contributed by atoms with van der Waals surface area (Å²) in [5, 5.41) is 66.7. The summed E-state index contributed by atoms with van der Waals surface area (Å²) in [6.45, 7) is 10.3. The first-order valence-electron chi connectivity index (χ1n) is 18.3. The first-order valence-corrected chi connectivity index (χ1v) is 19.6. The van der Waals surface area contributed by atoms with E-state index in [0.29, 0.717) is 50.9 Å². The second-order valence-corrected chi connectivity index (χ2v) is 18.0. The topological polar surface area (TPSA) is 215 Å². The molecule has 4 aliphatic carbocycles. The fraction of sp³-hybridized carbons (Fsp3) is 1.00. The molecule has 4 saturated carbocycles. The van der Waals surface area contributed by atoms with Crippen molar-refractivity contribution < 1.29 is 91.6 Å². The van der Waals surface area contributed by atoms with Gasteiger partial charge in [-0.15, -0.1) is 0 Å². The maximum Gasteiger partial charge on any atom is 1.00 e. The first-order chi connectivity index (χ1) is 22.8. The summed E-state index contributed by atoms with van der Waals surface area (Å²) in [6, 6.07) is 0. The van der Waals surface area contributed by atoms with Crippen LogP contribution in [0, 0.1) is 52.3 Å². The SMILES string of the molecule is COC1C(O[C@H]2CC[C@@]3(C)C(C2)[C@H](O)C[C@]2(O)C3CC[C@@]3(C)C2[C@@H](OS(=O)(=O)[O-])[C@H](O)[C@@H]3[C@H](C)CC[C@H](CCO)C(C)C)OCC(O)C1O.[Na+]. The number of aliphatic hydroxyl groups excluding tert-OH is 5. The molecule has 5 rings (SSSR count). The van der Waals surface area contributed by atoms with E-state index in [1.54, 1.807) is 0 Å². The minimum absolute atomic E-state index is 0. The Morgan fingerprint density at radius 2 is 1.60 bits per heavy atom. The van der Waals surface area contributed by atoms with E-state index in [-0.39, 0.29) is 79.0 Å². The van der Waals surface area contributed by atoms with Gasteiger partial charge >= 0.3 is 29.6 Å². The summed E-state index contributed by atoms with van der Waals surface area (Å²) in [4.78, 5) is 0. The van der Waals surface area contributed by atoms with Gasteiger partial charge in [0.2, 0.25) is 10.4 Å². The van der Waals surface area contributed by atoms with Crippen LogP contribution in [-0.2, 0) is 28.8 Å². The first kappa shape index (κ1) is 43.2. The standard InChI is InChI=1S/C35H62O13S.Na/c1-18(2)20(11-14-36)8-7-19(3)26-28(40)29(48-49(42,43)44)31-34(26,5)13-10-25-33(4)12-9-21(15-22(33)23(37)16-35(25,31)41)47-32-30(45-6)27(39)24(38)17-46-32;/h18-32,36-41H,7-17H2,1-6H3,(H,42,43,44);/q;+1/p-1/t19-,20-,21+,22?,23-,24?,25?,26+,27?,28-,29+,30?,31?,32?,33+,34-,35+;/m1./s1. The van der Waals surface area contributed by atoms with Crippen molar-refractivity contribution >= 4 is 10.4 Å². The molecule has 0 spiro atoms.